The van der Waals surface area contributed by atoms with Crippen LogP contribution < -0.4 is 0 Å². The molecule has 0 aliphatic heterocycles. The highest BCUT2D eigenvalue weighted by molar-refractivity contribution is 6.17. The normalized spacial score (nSPS) is 11.6. The molecule has 0 fully saturated rings. The molecular weight excluding hydrogens is 683 g/mol. The van der Waals surface area contributed by atoms with Crippen LogP contribution in [0.25, 0.3) is 106 Å². The molecule has 8 aromatic carbocycles. The van der Waals surface area contributed by atoms with E-state index < -0.39 is 0 Å². The first-order valence-corrected chi connectivity index (χ1v) is 18.9. The Morgan fingerprint density at radius 1 is 0.357 bits per heavy atom. The van der Waals surface area contributed by atoms with Crippen molar-refractivity contribution in [3.63, 3.8) is 0 Å². The molecule has 0 spiro atoms. The lowest BCUT2D eigenvalue weighted by Crippen LogP contribution is -1.97. The van der Waals surface area contributed by atoms with Gasteiger partial charge in [0.1, 0.15) is 5.58 Å². The summed E-state index contributed by atoms with van der Waals surface area (Å²) in [5.74, 6) is 0.685. The number of hydrogen-bond acceptors (Lipinski definition) is 3. The van der Waals surface area contributed by atoms with E-state index in [9.17, 15) is 0 Å². The van der Waals surface area contributed by atoms with Crippen molar-refractivity contribution in [1.29, 1.82) is 0 Å². The van der Waals surface area contributed by atoms with Gasteiger partial charge in [-0.25, -0.2) is 9.97 Å². The molecule has 3 heterocycles. The Morgan fingerprint density at radius 3 is 1.71 bits per heavy atom. The first-order valence-electron chi connectivity index (χ1n) is 18.9. The molecule has 0 saturated carbocycles. The molecular formula is C52H33N3O. The van der Waals surface area contributed by atoms with E-state index in [0.29, 0.717) is 5.82 Å². The van der Waals surface area contributed by atoms with Crippen LogP contribution in [0.5, 0.6) is 0 Å². The van der Waals surface area contributed by atoms with Gasteiger partial charge in [0.15, 0.2) is 11.4 Å². The third-order valence-electron chi connectivity index (χ3n) is 10.8. The third-order valence-corrected chi connectivity index (χ3v) is 10.8. The highest BCUT2D eigenvalue weighted by Crippen LogP contribution is 2.43. The summed E-state index contributed by atoms with van der Waals surface area (Å²) >= 11 is 0. The van der Waals surface area contributed by atoms with Gasteiger partial charge in [-0.05, 0) is 47.0 Å². The van der Waals surface area contributed by atoms with E-state index >= 15 is 0 Å². The van der Waals surface area contributed by atoms with Gasteiger partial charge in [-0.2, -0.15) is 0 Å². The van der Waals surface area contributed by atoms with E-state index in [2.05, 4.69) is 174 Å². The lowest BCUT2D eigenvalue weighted by atomic mass is 9.99. The molecule has 4 nitrogen and oxygen atoms in total. The van der Waals surface area contributed by atoms with Crippen LogP contribution in [0.15, 0.2) is 205 Å². The van der Waals surface area contributed by atoms with Gasteiger partial charge in [-0.1, -0.05) is 170 Å². The predicted molar refractivity (Wildman–Crippen MR) is 231 cm³/mol. The van der Waals surface area contributed by atoms with Crippen molar-refractivity contribution >= 4 is 43.7 Å². The second-order valence-corrected chi connectivity index (χ2v) is 14.1. The molecule has 4 heteroatoms. The minimum atomic E-state index is 0.685. The molecule has 0 N–H and O–H groups in total. The maximum atomic E-state index is 6.94. The fraction of sp³-hybridized carbons (Fsp3) is 0. The van der Waals surface area contributed by atoms with Crippen LogP contribution in [0.1, 0.15) is 0 Å². The lowest BCUT2D eigenvalue weighted by Gasteiger charge is -2.12. The van der Waals surface area contributed by atoms with E-state index in [0.717, 1.165) is 94.2 Å². The fourth-order valence-corrected chi connectivity index (χ4v) is 8.26. The molecule has 0 unspecified atom stereocenters. The summed E-state index contributed by atoms with van der Waals surface area (Å²) in [5.41, 5.74) is 14.2. The zero-order chi connectivity index (χ0) is 37.0. The number of para-hydroxylation sites is 3. The lowest BCUT2D eigenvalue weighted by molar-refractivity contribution is 0.667. The van der Waals surface area contributed by atoms with Gasteiger partial charge in [-0.3, -0.25) is 0 Å². The zero-order valence-electron chi connectivity index (χ0n) is 30.3. The smallest absolute Gasteiger partial charge is 0.160 e. The molecule has 0 atom stereocenters. The van der Waals surface area contributed by atoms with Crippen molar-refractivity contribution in [3.05, 3.63) is 200 Å². The van der Waals surface area contributed by atoms with Crippen molar-refractivity contribution in [3.8, 4) is 61.8 Å². The monoisotopic (exact) mass is 715 g/mol. The average Bonchev–Trinajstić information content (AvgIpc) is 3.83. The summed E-state index contributed by atoms with van der Waals surface area (Å²) in [5, 5.41) is 4.46. The van der Waals surface area contributed by atoms with Crippen LogP contribution in [0.3, 0.4) is 0 Å². The zero-order valence-corrected chi connectivity index (χ0v) is 30.3. The van der Waals surface area contributed by atoms with Gasteiger partial charge < -0.3 is 8.98 Å². The van der Waals surface area contributed by atoms with E-state index in [1.54, 1.807) is 0 Å². The predicted octanol–water partition coefficient (Wildman–Crippen LogP) is 13.8. The SMILES string of the molecule is c1ccc(-c2cccc(-c3cc(-c4cccc5c4c4ccccc4n5-c4cccc5c4oc4c(-c6ccccc6)cccc45)nc(-c4ccccc4)n3)c2)cc1. The quantitative estimate of drug-likeness (QED) is 0.172. The van der Waals surface area contributed by atoms with Gasteiger partial charge in [-0.15, -0.1) is 0 Å². The summed E-state index contributed by atoms with van der Waals surface area (Å²) in [4.78, 5) is 10.5. The molecule has 0 saturated heterocycles. The number of aromatic nitrogens is 3. The largest absolute Gasteiger partial charge is 0.453 e. The van der Waals surface area contributed by atoms with Crippen molar-refractivity contribution in [2.45, 2.75) is 0 Å². The Bertz CT molecular complexity index is 3240. The summed E-state index contributed by atoms with van der Waals surface area (Å²) < 4.78 is 9.29. The Labute approximate surface area is 323 Å². The standard InChI is InChI=1S/C52H33N3O/c1-4-16-34(17-5-1)37-22-12-23-38(32-37)44-33-45(54-52(53-44)36-20-8-3-9-21-36)42-28-15-30-47-49(42)43-24-10-11-29-46(43)55(47)48-31-14-27-41-40-26-13-25-39(50(40)56-51(41)48)35-18-6-2-7-19-35/h1-33H. The maximum Gasteiger partial charge on any atom is 0.160 e. The van der Waals surface area contributed by atoms with Gasteiger partial charge in [0, 0.05) is 43.8 Å². The number of nitrogens with zero attached hydrogens (tertiary/aromatic N) is 3. The van der Waals surface area contributed by atoms with E-state index in [1.165, 1.54) is 5.56 Å². The summed E-state index contributed by atoms with van der Waals surface area (Å²) in [6.07, 6.45) is 0. The third kappa shape index (κ3) is 5.23. The number of benzene rings is 8. The molecule has 0 radical (unpaired) electrons. The Morgan fingerprint density at radius 2 is 0.911 bits per heavy atom. The topological polar surface area (TPSA) is 43.9 Å². The first-order chi connectivity index (χ1) is 27.8. The second-order valence-electron chi connectivity index (χ2n) is 14.1. The van der Waals surface area contributed by atoms with Crippen LogP contribution in [0.4, 0.5) is 0 Å². The van der Waals surface area contributed by atoms with E-state index in [4.69, 9.17) is 14.4 Å². The average molecular weight is 716 g/mol. The van der Waals surface area contributed by atoms with Gasteiger partial charge in [0.05, 0.1) is 28.1 Å². The van der Waals surface area contributed by atoms with Crippen LogP contribution in [-0.2, 0) is 0 Å². The van der Waals surface area contributed by atoms with E-state index in [1.807, 2.05) is 30.3 Å². The van der Waals surface area contributed by atoms with Gasteiger partial charge >= 0.3 is 0 Å². The highest BCUT2D eigenvalue weighted by atomic mass is 16.3. The van der Waals surface area contributed by atoms with Crippen LogP contribution in [0.2, 0.25) is 0 Å². The fourth-order valence-electron chi connectivity index (χ4n) is 8.26. The Balaban J connectivity index is 1.15. The molecule has 3 aromatic heterocycles. The Hall–Kier alpha value is -7.56. The molecule has 0 aliphatic carbocycles. The minimum Gasteiger partial charge on any atom is -0.453 e. The number of furan rings is 1. The molecule has 262 valence electrons. The molecule has 11 aromatic rings. The van der Waals surface area contributed by atoms with Gasteiger partial charge in [0.25, 0.3) is 0 Å². The number of hydrogen-bond donors (Lipinski definition) is 0. The molecule has 56 heavy (non-hydrogen) atoms. The highest BCUT2D eigenvalue weighted by Gasteiger charge is 2.22. The first kappa shape index (κ1) is 31.9. The number of fused-ring (bicyclic) bond motifs is 6. The molecule has 0 bridgehead atoms. The van der Waals surface area contributed by atoms with Crippen LogP contribution in [-0.4, -0.2) is 14.5 Å². The van der Waals surface area contributed by atoms with Crippen molar-refractivity contribution < 1.29 is 4.42 Å². The minimum absolute atomic E-state index is 0.685. The molecule has 0 aliphatic rings. The van der Waals surface area contributed by atoms with Crippen LogP contribution in [0, 0.1) is 0 Å². The van der Waals surface area contributed by atoms with Crippen molar-refractivity contribution in [2.24, 2.45) is 0 Å². The molecule has 0 amide bonds. The summed E-state index contributed by atoms with van der Waals surface area (Å²) in [7, 11) is 0. The van der Waals surface area contributed by atoms with Crippen molar-refractivity contribution in [2.75, 3.05) is 0 Å². The van der Waals surface area contributed by atoms with E-state index in [-0.39, 0.29) is 0 Å². The summed E-state index contributed by atoms with van der Waals surface area (Å²) in [6, 6.07) is 70.0. The van der Waals surface area contributed by atoms with Gasteiger partial charge in [0.2, 0.25) is 0 Å². The Kier molecular flexibility index (Phi) is 7.46. The maximum absolute atomic E-state index is 6.94. The summed E-state index contributed by atoms with van der Waals surface area (Å²) in [6.45, 7) is 0. The second kappa shape index (κ2) is 13.1. The van der Waals surface area contributed by atoms with Crippen molar-refractivity contribution in [1.82, 2.24) is 14.5 Å². The molecule has 11 rings (SSSR count). The van der Waals surface area contributed by atoms with Crippen LogP contribution >= 0.6 is 0 Å². The number of rotatable bonds is 6.